The van der Waals surface area contributed by atoms with Gasteiger partial charge in [-0.25, -0.2) is 9.55 Å². The molecule has 7 heteroatoms. The lowest BCUT2D eigenvalue weighted by Gasteiger charge is -2.33. The number of aromatic nitrogens is 2. The molecule has 0 unspecified atom stereocenters. The highest BCUT2D eigenvalue weighted by atomic mass is 32.1. The molecular weight excluding hydrogens is 396 g/mol. The standard InChI is InChI=1S/C23H28N4O2S/c1-15(2)14-24-21(28)17-8-11-26(12-9-17)23-25-19-10-13-30-20(19)22(29)27(23)18-6-4-16(3)5-7-18/h4-7,10,13,15,17H,8-9,11-12,14H2,1-3H3,(H,24,28). The van der Waals surface area contributed by atoms with Crippen LogP contribution in [0.25, 0.3) is 15.9 Å². The van der Waals surface area contributed by atoms with Crippen LogP contribution in [0.15, 0.2) is 40.5 Å². The summed E-state index contributed by atoms with van der Waals surface area (Å²) in [4.78, 5) is 32.8. The van der Waals surface area contributed by atoms with Gasteiger partial charge in [-0.2, -0.15) is 0 Å². The second-order valence-electron chi connectivity index (χ2n) is 8.42. The van der Waals surface area contributed by atoms with Crippen molar-refractivity contribution in [3.05, 3.63) is 51.6 Å². The minimum Gasteiger partial charge on any atom is -0.356 e. The zero-order valence-corrected chi connectivity index (χ0v) is 18.5. The molecule has 3 aromatic rings. The molecule has 0 saturated carbocycles. The SMILES string of the molecule is Cc1ccc(-n2c(N3CCC(C(=O)NCC(C)C)CC3)nc3ccsc3c2=O)cc1. The van der Waals surface area contributed by atoms with E-state index < -0.39 is 0 Å². The first-order valence-electron chi connectivity index (χ1n) is 10.5. The number of hydrogen-bond donors (Lipinski definition) is 1. The topological polar surface area (TPSA) is 67.2 Å². The van der Waals surface area contributed by atoms with Crippen LogP contribution < -0.4 is 15.8 Å². The average molecular weight is 425 g/mol. The zero-order valence-electron chi connectivity index (χ0n) is 17.7. The number of piperidine rings is 1. The van der Waals surface area contributed by atoms with Crippen LogP contribution >= 0.6 is 11.3 Å². The van der Waals surface area contributed by atoms with E-state index >= 15 is 0 Å². The number of amides is 1. The van der Waals surface area contributed by atoms with E-state index in [0.717, 1.165) is 29.6 Å². The molecular formula is C23H28N4O2S. The monoisotopic (exact) mass is 424 g/mol. The second-order valence-corrected chi connectivity index (χ2v) is 9.34. The van der Waals surface area contributed by atoms with Crippen LogP contribution in [0.2, 0.25) is 0 Å². The summed E-state index contributed by atoms with van der Waals surface area (Å²) in [7, 11) is 0. The van der Waals surface area contributed by atoms with Gasteiger partial charge < -0.3 is 10.2 Å². The fourth-order valence-corrected chi connectivity index (χ4v) is 4.59. The summed E-state index contributed by atoms with van der Waals surface area (Å²) < 4.78 is 2.39. The van der Waals surface area contributed by atoms with Crippen molar-refractivity contribution in [3.63, 3.8) is 0 Å². The van der Waals surface area contributed by atoms with Crippen LogP contribution in [-0.2, 0) is 4.79 Å². The molecule has 1 aliphatic heterocycles. The fourth-order valence-electron chi connectivity index (χ4n) is 3.83. The van der Waals surface area contributed by atoms with Gasteiger partial charge in [0.25, 0.3) is 5.56 Å². The van der Waals surface area contributed by atoms with Crippen LogP contribution in [-0.4, -0.2) is 35.1 Å². The number of nitrogens with zero attached hydrogens (tertiary/aromatic N) is 3. The van der Waals surface area contributed by atoms with Crippen molar-refractivity contribution in [3.8, 4) is 5.69 Å². The number of fused-ring (bicyclic) bond motifs is 1. The highest BCUT2D eigenvalue weighted by Gasteiger charge is 2.28. The van der Waals surface area contributed by atoms with E-state index in [4.69, 9.17) is 4.98 Å². The van der Waals surface area contributed by atoms with Crippen molar-refractivity contribution in [2.75, 3.05) is 24.5 Å². The molecule has 1 aromatic carbocycles. The number of thiophene rings is 1. The van der Waals surface area contributed by atoms with E-state index in [9.17, 15) is 9.59 Å². The molecule has 30 heavy (non-hydrogen) atoms. The summed E-state index contributed by atoms with van der Waals surface area (Å²) in [6.45, 7) is 8.34. The van der Waals surface area contributed by atoms with Crippen molar-refractivity contribution >= 4 is 33.4 Å². The minimum absolute atomic E-state index is 0.0180. The number of benzene rings is 1. The molecule has 0 bridgehead atoms. The third-order valence-corrected chi connectivity index (χ3v) is 6.48. The Morgan fingerprint density at radius 2 is 1.90 bits per heavy atom. The first-order valence-corrected chi connectivity index (χ1v) is 11.4. The molecule has 0 aliphatic carbocycles. The van der Waals surface area contributed by atoms with Gasteiger partial charge in [-0.15, -0.1) is 11.3 Å². The van der Waals surface area contributed by atoms with Crippen LogP contribution in [0.1, 0.15) is 32.3 Å². The Bertz CT molecular complexity index is 1090. The van der Waals surface area contributed by atoms with Gasteiger partial charge in [-0.1, -0.05) is 31.5 Å². The summed E-state index contributed by atoms with van der Waals surface area (Å²) in [5.41, 5.74) is 2.66. The lowest BCUT2D eigenvalue weighted by Crippen LogP contribution is -2.43. The normalized spacial score (nSPS) is 15.1. The Morgan fingerprint density at radius 3 is 2.57 bits per heavy atom. The number of hydrogen-bond acceptors (Lipinski definition) is 5. The molecule has 4 rings (SSSR count). The summed E-state index contributed by atoms with van der Waals surface area (Å²) in [5.74, 6) is 1.26. The van der Waals surface area contributed by atoms with E-state index in [-0.39, 0.29) is 17.4 Å². The minimum atomic E-state index is -0.0364. The Hall–Kier alpha value is -2.67. The number of carbonyl (C=O) groups excluding carboxylic acids is 1. The molecule has 1 N–H and O–H groups in total. The molecule has 1 fully saturated rings. The van der Waals surface area contributed by atoms with E-state index in [1.807, 2.05) is 42.6 Å². The summed E-state index contributed by atoms with van der Waals surface area (Å²) in [5, 5.41) is 4.96. The molecule has 1 aliphatic rings. The maximum Gasteiger partial charge on any atom is 0.277 e. The maximum absolute atomic E-state index is 13.3. The fraction of sp³-hybridized carbons (Fsp3) is 0.435. The molecule has 2 aromatic heterocycles. The van der Waals surface area contributed by atoms with E-state index in [1.54, 1.807) is 4.57 Å². The lowest BCUT2D eigenvalue weighted by atomic mass is 9.96. The third kappa shape index (κ3) is 4.12. The molecule has 1 saturated heterocycles. The van der Waals surface area contributed by atoms with E-state index in [0.29, 0.717) is 36.2 Å². The summed E-state index contributed by atoms with van der Waals surface area (Å²) in [6.07, 6.45) is 1.52. The number of nitrogens with one attached hydrogen (secondary N) is 1. The van der Waals surface area contributed by atoms with Gasteiger partial charge in [0.2, 0.25) is 11.9 Å². The molecule has 0 spiro atoms. The Labute approximate surface area is 180 Å². The van der Waals surface area contributed by atoms with Gasteiger partial charge in [-0.05, 0) is 49.3 Å². The van der Waals surface area contributed by atoms with Gasteiger partial charge in [0.05, 0.1) is 11.2 Å². The van der Waals surface area contributed by atoms with E-state index in [2.05, 4.69) is 24.1 Å². The van der Waals surface area contributed by atoms with Gasteiger partial charge in [-0.3, -0.25) is 9.59 Å². The third-order valence-electron chi connectivity index (χ3n) is 5.59. The van der Waals surface area contributed by atoms with Gasteiger partial charge >= 0.3 is 0 Å². The molecule has 3 heterocycles. The number of aryl methyl sites for hydroxylation is 1. The quantitative estimate of drug-likeness (QED) is 0.677. The Balaban J connectivity index is 1.63. The van der Waals surface area contributed by atoms with Crippen molar-refractivity contribution in [2.24, 2.45) is 11.8 Å². The predicted octanol–water partition coefficient (Wildman–Crippen LogP) is 3.74. The summed E-state index contributed by atoms with van der Waals surface area (Å²) in [6, 6.07) is 9.85. The van der Waals surface area contributed by atoms with Gasteiger partial charge in [0, 0.05) is 25.6 Å². The molecule has 1 amide bonds. The lowest BCUT2D eigenvalue weighted by molar-refractivity contribution is -0.125. The highest BCUT2D eigenvalue weighted by Crippen LogP contribution is 2.26. The first-order chi connectivity index (χ1) is 14.4. The number of rotatable bonds is 5. The number of anilines is 1. The van der Waals surface area contributed by atoms with Gasteiger partial charge in [0.1, 0.15) is 4.70 Å². The average Bonchev–Trinajstić information content (AvgIpc) is 3.22. The van der Waals surface area contributed by atoms with Crippen molar-refractivity contribution in [1.82, 2.24) is 14.9 Å². The van der Waals surface area contributed by atoms with Crippen molar-refractivity contribution < 1.29 is 4.79 Å². The molecule has 0 radical (unpaired) electrons. The smallest absolute Gasteiger partial charge is 0.277 e. The van der Waals surface area contributed by atoms with Crippen LogP contribution in [0.4, 0.5) is 5.95 Å². The van der Waals surface area contributed by atoms with Crippen LogP contribution in [0.5, 0.6) is 0 Å². The molecule has 158 valence electrons. The Kier molecular flexibility index (Phi) is 5.90. The van der Waals surface area contributed by atoms with Crippen LogP contribution in [0.3, 0.4) is 0 Å². The highest BCUT2D eigenvalue weighted by molar-refractivity contribution is 7.17. The van der Waals surface area contributed by atoms with Crippen molar-refractivity contribution in [2.45, 2.75) is 33.6 Å². The maximum atomic E-state index is 13.3. The van der Waals surface area contributed by atoms with Crippen molar-refractivity contribution in [1.29, 1.82) is 0 Å². The Morgan fingerprint density at radius 1 is 1.20 bits per heavy atom. The van der Waals surface area contributed by atoms with Crippen LogP contribution in [0, 0.1) is 18.8 Å². The molecule has 0 atom stereocenters. The van der Waals surface area contributed by atoms with Gasteiger partial charge in [0.15, 0.2) is 0 Å². The van der Waals surface area contributed by atoms with E-state index in [1.165, 1.54) is 11.3 Å². The summed E-state index contributed by atoms with van der Waals surface area (Å²) >= 11 is 1.43. The second kappa shape index (κ2) is 8.60. The number of carbonyl (C=O) groups is 1. The molecule has 6 nitrogen and oxygen atoms in total. The first kappa shape index (κ1) is 20.6. The largest absolute Gasteiger partial charge is 0.356 e. The zero-order chi connectivity index (χ0) is 21.3. The predicted molar refractivity (Wildman–Crippen MR) is 123 cm³/mol.